The zero-order chi connectivity index (χ0) is 22.5. The summed E-state index contributed by atoms with van der Waals surface area (Å²) in [7, 11) is 0. The van der Waals surface area contributed by atoms with E-state index in [0.717, 1.165) is 10.6 Å². The van der Waals surface area contributed by atoms with Gasteiger partial charge in [-0.3, -0.25) is 9.59 Å². The zero-order valence-electron chi connectivity index (χ0n) is 15.6. The number of aromatic nitrogens is 3. The van der Waals surface area contributed by atoms with Gasteiger partial charge in [-0.15, -0.1) is 0 Å². The Balaban J connectivity index is 1.81. The number of hydrogen-bond acceptors (Lipinski definition) is 4. The number of nitrogens with zero attached hydrogens (tertiary/aromatic N) is 2. The molecule has 1 amide bonds. The highest BCUT2D eigenvalue weighted by Crippen LogP contribution is 2.43. The van der Waals surface area contributed by atoms with Gasteiger partial charge in [-0.25, -0.2) is 8.91 Å². The van der Waals surface area contributed by atoms with Gasteiger partial charge in [-0.05, 0) is 30.9 Å². The fraction of sp³-hybridized carbons (Fsp3) is 0.316. The van der Waals surface area contributed by atoms with Crippen molar-refractivity contribution >= 4 is 23.0 Å². The second-order valence-electron chi connectivity index (χ2n) is 7.21. The molecule has 3 aromatic rings. The number of benzene rings is 1. The predicted octanol–water partition coefficient (Wildman–Crippen LogP) is 3.01. The summed E-state index contributed by atoms with van der Waals surface area (Å²) in [6.45, 7) is -1.34. The molecule has 0 aliphatic heterocycles. The van der Waals surface area contributed by atoms with Crippen molar-refractivity contribution in [1.29, 1.82) is 0 Å². The van der Waals surface area contributed by atoms with E-state index in [-0.39, 0.29) is 39.0 Å². The Morgan fingerprint density at radius 3 is 2.68 bits per heavy atom. The van der Waals surface area contributed by atoms with Crippen LogP contribution in [-0.4, -0.2) is 44.4 Å². The van der Waals surface area contributed by atoms with Gasteiger partial charge >= 0.3 is 6.18 Å². The van der Waals surface area contributed by atoms with E-state index in [0.29, 0.717) is 12.8 Å². The van der Waals surface area contributed by atoms with Gasteiger partial charge in [-0.2, -0.15) is 18.3 Å². The first-order valence-corrected chi connectivity index (χ1v) is 9.57. The number of aliphatic hydroxyl groups excluding tert-OH is 1. The van der Waals surface area contributed by atoms with Crippen LogP contribution >= 0.6 is 11.6 Å². The number of carbonyl (C=O) groups excluding carboxylic acids is 1. The van der Waals surface area contributed by atoms with E-state index in [1.54, 1.807) is 5.32 Å². The minimum absolute atomic E-state index is 0.0263. The number of aliphatic hydroxyl groups is 1. The summed E-state index contributed by atoms with van der Waals surface area (Å²) >= 11 is 5.67. The average Bonchev–Trinajstić information content (AvgIpc) is 3.46. The average molecular weight is 459 g/mol. The van der Waals surface area contributed by atoms with Crippen LogP contribution in [-0.2, 0) is 0 Å². The lowest BCUT2D eigenvalue weighted by atomic mass is 10.1. The quantitative estimate of drug-likeness (QED) is 0.512. The molecule has 1 aromatic carbocycles. The van der Waals surface area contributed by atoms with Gasteiger partial charge in [0.1, 0.15) is 17.4 Å². The Hall–Kier alpha value is -2.92. The SMILES string of the molecule is O=C(NC(CO)C(F)(F)F)c1nn2cc(-c3ccc(Cl)c(F)c3)[nH]c(=O)c2c1C1CC1. The third-order valence-electron chi connectivity index (χ3n) is 4.98. The highest BCUT2D eigenvalue weighted by Gasteiger charge is 2.42. The van der Waals surface area contributed by atoms with Gasteiger partial charge in [0.2, 0.25) is 0 Å². The van der Waals surface area contributed by atoms with Gasteiger partial charge in [0.25, 0.3) is 11.5 Å². The molecule has 7 nitrogen and oxygen atoms in total. The fourth-order valence-corrected chi connectivity index (χ4v) is 3.41. The molecule has 1 atom stereocenters. The molecule has 31 heavy (non-hydrogen) atoms. The van der Waals surface area contributed by atoms with Crippen LogP contribution in [0.2, 0.25) is 5.02 Å². The fourth-order valence-electron chi connectivity index (χ4n) is 3.30. The minimum Gasteiger partial charge on any atom is -0.394 e. The van der Waals surface area contributed by atoms with E-state index in [2.05, 4.69) is 10.1 Å². The second-order valence-corrected chi connectivity index (χ2v) is 7.61. The third kappa shape index (κ3) is 4.02. The first-order valence-electron chi connectivity index (χ1n) is 9.19. The molecule has 0 radical (unpaired) electrons. The molecule has 1 fully saturated rings. The van der Waals surface area contributed by atoms with E-state index in [1.165, 1.54) is 18.3 Å². The zero-order valence-corrected chi connectivity index (χ0v) is 16.4. The van der Waals surface area contributed by atoms with Crippen molar-refractivity contribution in [2.75, 3.05) is 6.61 Å². The largest absolute Gasteiger partial charge is 0.410 e. The van der Waals surface area contributed by atoms with Crippen LogP contribution in [0, 0.1) is 5.82 Å². The monoisotopic (exact) mass is 458 g/mol. The molecule has 3 N–H and O–H groups in total. The molecule has 2 heterocycles. The number of aromatic amines is 1. The van der Waals surface area contributed by atoms with Crippen molar-refractivity contribution in [2.45, 2.75) is 31.0 Å². The molecule has 1 saturated carbocycles. The highest BCUT2D eigenvalue weighted by molar-refractivity contribution is 6.30. The first kappa shape index (κ1) is 21.3. The maximum absolute atomic E-state index is 13.8. The number of halogens is 5. The number of carbonyl (C=O) groups is 1. The molecule has 1 unspecified atom stereocenters. The Labute approximate surface area is 176 Å². The molecule has 2 aromatic heterocycles. The summed E-state index contributed by atoms with van der Waals surface area (Å²) in [6, 6.07) is 1.41. The van der Waals surface area contributed by atoms with Crippen LogP contribution in [0.15, 0.2) is 29.2 Å². The van der Waals surface area contributed by atoms with E-state index in [1.807, 2.05) is 0 Å². The summed E-state index contributed by atoms with van der Waals surface area (Å²) in [5, 5.41) is 14.6. The minimum atomic E-state index is -4.85. The molecular weight excluding hydrogens is 444 g/mol. The molecule has 0 bridgehead atoms. The lowest BCUT2D eigenvalue weighted by molar-refractivity contribution is -0.161. The molecular formula is C19H15ClF4N4O3. The topological polar surface area (TPSA) is 99.5 Å². The summed E-state index contributed by atoms with van der Waals surface area (Å²) in [4.78, 5) is 27.9. The number of H-pyrrole nitrogens is 1. The lowest BCUT2D eigenvalue weighted by Crippen LogP contribution is -2.48. The van der Waals surface area contributed by atoms with Crippen LogP contribution in [0.4, 0.5) is 17.6 Å². The van der Waals surface area contributed by atoms with Crippen molar-refractivity contribution in [3.05, 3.63) is 56.8 Å². The third-order valence-corrected chi connectivity index (χ3v) is 5.28. The van der Waals surface area contributed by atoms with Gasteiger partial charge in [0.05, 0.1) is 23.5 Å². The molecule has 4 rings (SSSR count). The number of amides is 1. The molecule has 12 heteroatoms. The summed E-state index contributed by atoms with van der Waals surface area (Å²) in [6.07, 6.45) is -2.22. The molecule has 1 aliphatic carbocycles. The van der Waals surface area contributed by atoms with E-state index in [4.69, 9.17) is 16.7 Å². The Morgan fingerprint density at radius 2 is 2.10 bits per heavy atom. The first-order chi connectivity index (χ1) is 14.6. The number of fused-ring (bicyclic) bond motifs is 1. The van der Waals surface area contributed by atoms with Crippen LogP contribution in [0.25, 0.3) is 16.8 Å². The van der Waals surface area contributed by atoms with Crippen molar-refractivity contribution in [3.63, 3.8) is 0 Å². The van der Waals surface area contributed by atoms with Crippen molar-refractivity contribution in [3.8, 4) is 11.3 Å². The summed E-state index contributed by atoms with van der Waals surface area (Å²) in [5.41, 5.74) is -0.225. The Morgan fingerprint density at radius 1 is 1.39 bits per heavy atom. The van der Waals surface area contributed by atoms with Gasteiger partial charge in [-0.1, -0.05) is 17.7 Å². The second kappa shape index (κ2) is 7.65. The number of hydrogen-bond donors (Lipinski definition) is 3. The van der Waals surface area contributed by atoms with Crippen LogP contribution < -0.4 is 10.9 Å². The normalized spacial score (nSPS) is 15.3. The number of nitrogens with one attached hydrogen (secondary N) is 2. The van der Waals surface area contributed by atoms with Gasteiger partial charge < -0.3 is 15.4 Å². The maximum Gasteiger partial charge on any atom is 0.410 e. The summed E-state index contributed by atoms with van der Waals surface area (Å²) in [5.74, 6) is -2.06. The molecule has 1 aliphatic rings. The van der Waals surface area contributed by atoms with Crippen molar-refractivity contribution in [2.24, 2.45) is 0 Å². The van der Waals surface area contributed by atoms with Crippen LogP contribution in [0.3, 0.4) is 0 Å². The van der Waals surface area contributed by atoms with Gasteiger partial charge in [0, 0.05) is 11.1 Å². The van der Waals surface area contributed by atoms with E-state index >= 15 is 0 Å². The standard InChI is InChI=1S/C19H15ClF4N4O3/c20-10-4-3-9(5-11(10)21)12-6-28-16(18(31)25-12)14(8-1-2-8)15(27-28)17(30)26-13(7-29)19(22,23)24/h3-6,8,13,29H,1-2,7H2,(H,25,31)(H,26,30). The number of alkyl halides is 3. The maximum atomic E-state index is 13.8. The predicted molar refractivity (Wildman–Crippen MR) is 103 cm³/mol. The van der Waals surface area contributed by atoms with E-state index in [9.17, 15) is 27.2 Å². The molecule has 0 saturated heterocycles. The van der Waals surface area contributed by atoms with Crippen molar-refractivity contribution in [1.82, 2.24) is 19.9 Å². The molecule has 164 valence electrons. The van der Waals surface area contributed by atoms with Crippen LogP contribution in [0.5, 0.6) is 0 Å². The summed E-state index contributed by atoms with van der Waals surface area (Å²) < 4.78 is 53.7. The Bertz CT molecular complexity index is 1230. The van der Waals surface area contributed by atoms with Crippen molar-refractivity contribution < 1.29 is 27.5 Å². The lowest BCUT2D eigenvalue weighted by Gasteiger charge is -2.18. The highest BCUT2D eigenvalue weighted by atomic mass is 35.5. The Kier molecular flexibility index (Phi) is 5.26. The smallest absolute Gasteiger partial charge is 0.394 e. The van der Waals surface area contributed by atoms with E-state index < -0.39 is 36.1 Å². The number of rotatable bonds is 5. The molecule has 0 spiro atoms. The van der Waals surface area contributed by atoms with Gasteiger partial charge in [0.15, 0.2) is 5.69 Å². The van der Waals surface area contributed by atoms with Crippen LogP contribution in [0.1, 0.15) is 34.8 Å².